The van der Waals surface area contributed by atoms with Crippen molar-refractivity contribution in [2.75, 3.05) is 43.1 Å². The van der Waals surface area contributed by atoms with Gasteiger partial charge in [0, 0.05) is 12.8 Å². The fraction of sp³-hybridized carbons (Fsp3) is 0.684. The summed E-state index contributed by atoms with van der Waals surface area (Å²) < 4.78 is 15.2. The predicted molar refractivity (Wildman–Crippen MR) is 128 cm³/mol. The molecule has 0 aliphatic carbocycles. The Hall–Kier alpha value is -0.970. The molecule has 1 N–H and O–H groups in total. The molecule has 10 heteroatoms. The zero-order chi connectivity index (χ0) is 22.6. The van der Waals surface area contributed by atoms with Gasteiger partial charge in [0.25, 0.3) is 0 Å². The molecule has 170 valence electrons. The standard InChI is InChI=1S/C19H34O7S3/c1-24-18(22)15(9-12-28(4)5)26-19(23)16(10-13-29(6)7)25-17(21)14(20)8-11-27(2)3/h14-16,20H,2,4,6,8-13H2,1,3,5,7H3. The molecule has 6 unspecified atom stereocenters. The van der Waals surface area contributed by atoms with Gasteiger partial charge in [-0.05, 0) is 42.4 Å². The van der Waals surface area contributed by atoms with Crippen molar-refractivity contribution in [3.05, 3.63) is 0 Å². The zero-order valence-corrected chi connectivity index (χ0v) is 20.2. The predicted octanol–water partition coefficient (Wildman–Crippen LogP) is 1.51. The first-order chi connectivity index (χ1) is 13.5. The van der Waals surface area contributed by atoms with Crippen LogP contribution in [0.5, 0.6) is 0 Å². The highest BCUT2D eigenvalue weighted by molar-refractivity contribution is 8.13. The molecule has 0 amide bonds. The minimum absolute atomic E-state index is 0.177. The molecule has 0 rings (SSSR count). The highest BCUT2D eigenvalue weighted by Gasteiger charge is 2.32. The maximum absolute atomic E-state index is 12.6. The monoisotopic (exact) mass is 470 g/mol. The van der Waals surface area contributed by atoms with Crippen molar-refractivity contribution in [2.45, 2.75) is 37.6 Å². The van der Waals surface area contributed by atoms with Crippen LogP contribution in [-0.4, -0.2) is 102 Å². The lowest BCUT2D eigenvalue weighted by molar-refractivity contribution is -0.181. The summed E-state index contributed by atoms with van der Waals surface area (Å²) in [5, 5.41) is 9.99. The molecule has 6 atom stereocenters. The van der Waals surface area contributed by atoms with Crippen molar-refractivity contribution in [1.82, 2.24) is 0 Å². The van der Waals surface area contributed by atoms with Crippen LogP contribution < -0.4 is 0 Å². The maximum atomic E-state index is 12.6. The van der Waals surface area contributed by atoms with E-state index in [1.807, 2.05) is 18.8 Å². The summed E-state index contributed by atoms with van der Waals surface area (Å²) in [6.45, 7) is 0. The van der Waals surface area contributed by atoms with Crippen molar-refractivity contribution in [2.24, 2.45) is 0 Å². The number of hydrogen-bond acceptors (Lipinski definition) is 7. The molecule has 0 aromatic carbocycles. The number of ether oxygens (including phenoxy) is 3. The van der Waals surface area contributed by atoms with E-state index in [0.29, 0.717) is 17.3 Å². The second kappa shape index (κ2) is 14.9. The van der Waals surface area contributed by atoms with Crippen LogP contribution in [0.15, 0.2) is 0 Å². The van der Waals surface area contributed by atoms with E-state index >= 15 is 0 Å². The molecule has 0 aliphatic heterocycles. The zero-order valence-electron chi connectivity index (χ0n) is 17.7. The third-order valence-electron chi connectivity index (χ3n) is 3.71. The molecule has 7 nitrogen and oxygen atoms in total. The SMILES string of the molecule is C=S(C)CCC(O)C(=O)OC(CCS(=C)C)C(=O)OC(CCS(=C)C)C(=O)OC. The van der Waals surface area contributed by atoms with Crippen molar-refractivity contribution in [3.8, 4) is 0 Å². The Kier molecular flexibility index (Phi) is 14.4. The number of rotatable bonds is 14. The molecule has 0 aliphatic rings. The van der Waals surface area contributed by atoms with Crippen molar-refractivity contribution >= 4 is 67.0 Å². The molecule has 0 saturated carbocycles. The summed E-state index contributed by atoms with van der Waals surface area (Å²) in [5.41, 5.74) is 0. The number of aliphatic hydroxyl groups is 1. The molecule has 0 heterocycles. The average molecular weight is 471 g/mol. The number of aliphatic hydroxyl groups excluding tert-OH is 1. The summed E-state index contributed by atoms with van der Waals surface area (Å²) in [4.78, 5) is 36.8. The number of methoxy groups -OCH3 is 1. The minimum Gasteiger partial charge on any atom is -0.466 e. The van der Waals surface area contributed by atoms with Crippen LogP contribution in [0.25, 0.3) is 0 Å². The van der Waals surface area contributed by atoms with E-state index in [4.69, 9.17) is 14.2 Å². The van der Waals surface area contributed by atoms with Gasteiger partial charge in [-0.1, -0.05) is 17.6 Å². The van der Waals surface area contributed by atoms with Crippen LogP contribution in [0.4, 0.5) is 0 Å². The van der Waals surface area contributed by atoms with Crippen LogP contribution in [0.2, 0.25) is 0 Å². The van der Waals surface area contributed by atoms with Crippen molar-refractivity contribution < 1.29 is 33.7 Å². The van der Waals surface area contributed by atoms with Crippen molar-refractivity contribution in [1.29, 1.82) is 0 Å². The molecule has 29 heavy (non-hydrogen) atoms. The molecule has 0 radical (unpaired) electrons. The molecular formula is C19H34O7S3. The summed E-state index contributed by atoms with van der Waals surface area (Å²) in [6.07, 6.45) is 2.69. The largest absolute Gasteiger partial charge is 0.466 e. The lowest BCUT2D eigenvalue weighted by atomic mass is 10.2. The molecule has 0 spiro atoms. The molecule has 0 fully saturated rings. The van der Waals surface area contributed by atoms with E-state index in [-0.39, 0.29) is 50.7 Å². The Balaban J connectivity index is 5.18. The maximum Gasteiger partial charge on any atom is 0.348 e. The van der Waals surface area contributed by atoms with Crippen LogP contribution in [0, 0.1) is 0 Å². The van der Waals surface area contributed by atoms with Gasteiger partial charge in [0.15, 0.2) is 18.3 Å². The first kappa shape index (κ1) is 28.0. The molecule has 0 bridgehead atoms. The summed E-state index contributed by atoms with van der Waals surface area (Å²) >= 11 is 0. The Labute approximate surface area is 181 Å². The molecule has 0 aromatic rings. The lowest BCUT2D eigenvalue weighted by Crippen LogP contribution is -2.38. The smallest absolute Gasteiger partial charge is 0.348 e. The normalized spacial score (nSPS) is 17.3. The molecule has 0 saturated heterocycles. The van der Waals surface area contributed by atoms with E-state index in [2.05, 4.69) is 17.6 Å². The van der Waals surface area contributed by atoms with Crippen LogP contribution >= 0.6 is 31.5 Å². The average Bonchev–Trinajstić information content (AvgIpc) is 2.64. The summed E-state index contributed by atoms with van der Waals surface area (Å²) in [7, 11) is 0.606. The van der Waals surface area contributed by atoms with Gasteiger partial charge in [0.2, 0.25) is 0 Å². The van der Waals surface area contributed by atoms with Gasteiger partial charge >= 0.3 is 17.9 Å². The van der Waals surface area contributed by atoms with E-state index in [1.165, 1.54) is 7.11 Å². The third kappa shape index (κ3) is 13.0. The van der Waals surface area contributed by atoms with Gasteiger partial charge < -0.3 is 19.3 Å². The highest BCUT2D eigenvalue weighted by atomic mass is 32.2. The quantitative estimate of drug-likeness (QED) is 0.233. The van der Waals surface area contributed by atoms with Gasteiger partial charge in [-0.2, -0.15) is 31.5 Å². The van der Waals surface area contributed by atoms with Crippen molar-refractivity contribution in [3.63, 3.8) is 0 Å². The van der Waals surface area contributed by atoms with Gasteiger partial charge in [-0.15, -0.1) is 0 Å². The number of carbonyl (C=O) groups excluding carboxylic acids is 3. The first-order valence-corrected chi connectivity index (χ1v) is 14.8. The number of carbonyl (C=O) groups is 3. The van der Waals surface area contributed by atoms with Crippen LogP contribution in [0.1, 0.15) is 19.3 Å². The highest BCUT2D eigenvalue weighted by Crippen LogP contribution is 2.16. The lowest BCUT2D eigenvalue weighted by Gasteiger charge is -2.22. The second-order valence-corrected chi connectivity index (χ2v) is 12.6. The molecule has 0 aromatic heterocycles. The number of hydrogen-bond donors (Lipinski definition) is 1. The van der Waals surface area contributed by atoms with E-state index in [0.717, 1.165) is 0 Å². The summed E-state index contributed by atoms with van der Waals surface area (Å²) in [5.74, 6) is 10.9. The van der Waals surface area contributed by atoms with E-state index < -0.39 is 36.2 Å². The Morgan fingerprint density at radius 1 is 0.759 bits per heavy atom. The van der Waals surface area contributed by atoms with E-state index in [9.17, 15) is 19.5 Å². The third-order valence-corrected chi connectivity index (χ3v) is 6.51. The summed E-state index contributed by atoms with van der Waals surface area (Å²) in [6, 6.07) is 0. The van der Waals surface area contributed by atoms with Gasteiger partial charge in [0.1, 0.15) is 0 Å². The Bertz CT molecular complexity index is 633. The second-order valence-electron chi connectivity index (χ2n) is 6.71. The van der Waals surface area contributed by atoms with Gasteiger partial charge in [-0.3, -0.25) is 0 Å². The Morgan fingerprint density at radius 3 is 1.55 bits per heavy atom. The Morgan fingerprint density at radius 2 is 1.14 bits per heavy atom. The fourth-order valence-electron chi connectivity index (χ4n) is 2.06. The van der Waals surface area contributed by atoms with Crippen LogP contribution in [-0.2, 0) is 28.6 Å². The minimum atomic E-state index is -1.34. The van der Waals surface area contributed by atoms with Gasteiger partial charge in [-0.25, -0.2) is 14.4 Å². The number of esters is 3. The molecular weight excluding hydrogens is 436 g/mol. The van der Waals surface area contributed by atoms with Gasteiger partial charge in [0.05, 0.1) is 7.11 Å². The van der Waals surface area contributed by atoms with Crippen LogP contribution in [0.3, 0.4) is 0 Å². The van der Waals surface area contributed by atoms with E-state index in [1.54, 1.807) is 0 Å². The first-order valence-electron chi connectivity index (χ1n) is 8.91. The fourth-order valence-corrected chi connectivity index (χ4v) is 3.92. The topological polar surface area (TPSA) is 99.1 Å².